The van der Waals surface area contributed by atoms with Crippen molar-refractivity contribution in [2.75, 3.05) is 0 Å². The Morgan fingerprint density at radius 3 is 2.04 bits per heavy atom. The Labute approximate surface area is 272 Å². The van der Waals surface area contributed by atoms with Crippen molar-refractivity contribution in [3.05, 3.63) is 11.8 Å². The van der Waals surface area contributed by atoms with E-state index in [2.05, 4.69) is 0 Å². The highest BCUT2D eigenvalue weighted by Gasteiger charge is 2.83. The van der Waals surface area contributed by atoms with Crippen LogP contribution in [-0.2, 0) is 47.7 Å². The van der Waals surface area contributed by atoms with Crippen LogP contribution in [0, 0.1) is 57.7 Å². The molecule has 258 valence electrons. The maximum Gasteiger partial charge on any atom is 0.343 e. The molecule has 0 unspecified atom stereocenters. The maximum absolute atomic E-state index is 14.3. The van der Waals surface area contributed by atoms with E-state index in [0.29, 0.717) is 0 Å². The van der Waals surface area contributed by atoms with Crippen molar-refractivity contribution in [2.45, 2.75) is 110 Å². The molecule has 18 atom stereocenters. The molecule has 0 aromatic heterocycles. The number of aliphatic hydroxyl groups is 3. The van der Waals surface area contributed by atoms with Crippen LogP contribution in [0.2, 0.25) is 0 Å². The fourth-order valence-corrected chi connectivity index (χ4v) is 11.9. The minimum Gasteiger partial charge on any atom is -0.459 e. The van der Waals surface area contributed by atoms with E-state index in [1.165, 1.54) is 27.7 Å². The lowest BCUT2D eigenvalue weighted by atomic mass is 9.41. The Morgan fingerprint density at radius 2 is 1.45 bits per heavy atom. The quantitative estimate of drug-likeness (QED) is 0.219. The number of allylic oxidation sites excluding steroid dienone is 1. The molecule has 13 heteroatoms. The molecule has 7 aliphatic rings. The molecule has 5 aliphatic carbocycles. The number of rotatable bonds is 3. The molecule has 3 N–H and O–H groups in total. The zero-order valence-electron chi connectivity index (χ0n) is 27.8. The number of epoxide rings is 1. The van der Waals surface area contributed by atoms with Crippen molar-refractivity contribution >= 4 is 29.7 Å². The number of aliphatic hydroxyl groups excluding tert-OH is 2. The van der Waals surface area contributed by atoms with Crippen LogP contribution in [0.1, 0.15) is 61.8 Å². The third-order valence-corrected chi connectivity index (χ3v) is 13.8. The van der Waals surface area contributed by atoms with Crippen LogP contribution in [0.15, 0.2) is 11.8 Å². The topological polar surface area (TPSA) is 195 Å². The number of ether oxygens (including phenoxy) is 5. The first-order chi connectivity index (χ1) is 21.7. The largest absolute Gasteiger partial charge is 0.459 e. The van der Waals surface area contributed by atoms with Gasteiger partial charge in [0.05, 0.1) is 17.6 Å². The molecule has 0 aromatic rings. The van der Waals surface area contributed by atoms with Gasteiger partial charge in [-0.25, -0.2) is 4.79 Å². The van der Waals surface area contributed by atoms with Gasteiger partial charge in [0.15, 0.2) is 11.4 Å². The van der Waals surface area contributed by atoms with Crippen LogP contribution < -0.4 is 0 Å². The summed E-state index contributed by atoms with van der Waals surface area (Å²) in [6, 6.07) is 0. The van der Waals surface area contributed by atoms with Gasteiger partial charge in [0.25, 0.3) is 0 Å². The molecule has 2 heterocycles. The second-order valence-corrected chi connectivity index (χ2v) is 15.9. The van der Waals surface area contributed by atoms with E-state index in [0.717, 1.165) is 0 Å². The molecule has 0 spiro atoms. The van der Waals surface area contributed by atoms with Gasteiger partial charge in [-0.2, -0.15) is 0 Å². The van der Waals surface area contributed by atoms with Gasteiger partial charge < -0.3 is 39.0 Å². The first kappa shape index (κ1) is 32.7. The molecule has 2 saturated heterocycles. The van der Waals surface area contributed by atoms with Crippen LogP contribution in [0.4, 0.5) is 0 Å². The second kappa shape index (κ2) is 9.86. The molecule has 0 amide bonds. The molecule has 7 rings (SSSR count). The van der Waals surface area contributed by atoms with Crippen molar-refractivity contribution in [3.63, 3.8) is 0 Å². The molecule has 6 fully saturated rings. The van der Waals surface area contributed by atoms with Crippen molar-refractivity contribution in [3.8, 4) is 0 Å². The normalized spacial score (nSPS) is 55.1. The standard InChI is InChI=1S/C34H44O13/c1-11-9-17-33(7,34(8,42)30(41)47-17)22-19(11)32(6)20(25(22)40)18-21(27(43-12(2)35)29(32)45-14(4)37)31(5)15(23(38)24(18)39)10-16-26(46-16)28(31)44-13(3)36/h9,11,15-16,18-22,24-29,39-40,42H,10H2,1-8H3/t11-,15-,16+,18+,19+,20-,21-,22+,24-,25-,26+,27+,28+,29+,31+,32-,33+,34-/m0/s1. The lowest BCUT2D eigenvalue weighted by molar-refractivity contribution is -0.272. The van der Waals surface area contributed by atoms with Gasteiger partial charge in [-0.15, -0.1) is 0 Å². The Bertz CT molecular complexity index is 1500. The maximum atomic E-state index is 14.3. The second-order valence-electron chi connectivity index (χ2n) is 15.9. The van der Waals surface area contributed by atoms with Gasteiger partial charge in [0.1, 0.15) is 36.3 Å². The van der Waals surface area contributed by atoms with Crippen LogP contribution in [-0.4, -0.2) is 93.3 Å². The number of carbonyl (C=O) groups excluding carboxylic acids is 5. The molecule has 0 aromatic carbocycles. The van der Waals surface area contributed by atoms with Crippen molar-refractivity contribution in [1.29, 1.82) is 0 Å². The molecule has 4 saturated carbocycles. The number of carbonyl (C=O) groups is 5. The molecule has 0 radical (unpaired) electrons. The molecule has 47 heavy (non-hydrogen) atoms. The predicted molar refractivity (Wildman–Crippen MR) is 156 cm³/mol. The SMILES string of the molecule is CC(=O)O[C@@H]1[C@@H]2[C@@H]([C@H]3[C@H](O)[C@H]4[C@@H]([C@@H](C)C=C5OC(=O)[C@](C)(O)[C@]54C)[C@]3(C)[C@@H]1OC(C)=O)[C@H](O)C(=O)[C@@H]1C[C@H]3O[C@H]3[C@@H](OC(C)=O)[C@@]21C. The van der Waals surface area contributed by atoms with E-state index < -0.39 is 130 Å². The molecule has 13 nitrogen and oxygen atoms in total. The third-order valence-electron chi connectivity index (χ3n) is 13.8. The van der Waals surface area contributed by atoms with Crippen molar-refractivity contribution in [1.82, 2.24) is 0 Å². The number of Topliss-reactive ketones (excluding diaryl/α,β-unsaturated/α-hetero) is 1. The van der Waals surface area contributed by atoms with Gasteiger partial charge in [0.2, 0.25) is 0 Å². The average molecular weight is 661 g/mol. The Kier molecular flexibility index (Phi) is 6.85. The Balaban J connectivity index is 1.49. The van der Waals surface area contributed by atoms with E-state index in [9.17, 15) is 39.3 Å². The molecule has 2 aliphatic heterocycles. The Hall–Kier alpha value is -2.87. The van der Waals surface area contributed by atoms with Gasteiger partial charge in [-0.05, 0) is 38.2 Å². The lowest BCUT2D eigenvalue weighted by Crippen LogP contribution is -2.74. The highest BCUT2D eigenvalue weighted by Crippen LogP contribution is 2.75. The fourth-order valence-electron chi connectivity index (χ4n) is 11.9. The molecular formula is C34H44O13. The van der Waals surface area contributed by atoms with Gasteiger partial charge in [0, 0.05) is 61.2 Å². The summed E-state index contributed by atoms with van der Waals surface area (Å²) in [5, 5.41) is 36.4. The van der Waals surface area contributed by atoms with E-state index in [4.69, 9.17) is 23.7 Å². The Morgan fingerprint density at radius 1 is 0.851 bits per heavy atom. The fraction of sp³-hybridized carbons (Fsp3) is 0.794. The number of hydrogen-bond donors (Lipinski definition) is 3. The number of fused-ring (bicyclic) bond motifs is 10. The minimum absolute atomic E-state index is 0.214. The minimum atomic E-state index is -2.06. The molecular weight excluding hydrogens is 616 g/mol. The summed E-state index contributed by atoms with van der Waals surface area (Å²) in [4.78, 5) is 65.8. The zero-order valence-corrected chi connectivity index (χ0v) is 27.8. The molecule has 0 bridgehead atoms. The smallest absolute Gasteiger partial charge is 0.343 e. The zero-order chi connectivity index (χ0) is 34.5. The van der Waals surface area contributed by atoms with Crippen molar-refractivity contribution in [2.24, 2.45) is 57.7 Å². The number of esters is 4. The number of ketones is 1. The third kappa shape index (κ3) is 3.82. The monoisotopic (exact) mass is 660 g/mol. The highest BCUT2D eigenvalue weighted by molar-refractivity contribution is 5.88. The summed E-state index contributed by atoms with van der Waals surface area (Å²) < 4.78 is 29.7. The average Bonchev–Trinajstić information content (AvgIpc) is 3.65. The summed E-state index contributed by atoms with van der Waals surface area (Å²) >= 11 is 0. The van der Waals surface area contributed by atoms with E-state index >= 15 is 0 Å². The van der Waals surface area contributed by atoms with Crippen LogP contribution in [0.3, 0.4) is 0 Å². The number of hydrogen-bond acceptors (Lipinski definition) is 13. The van der Waals surface area contributed by atoms with E-state index in [1.807, 2.05) is 6.92 Å². The summed E-state index contributed by atoms with van der Waals surface area (Å²) in [5.74, 6) is -8.98. The lowest BCUT2D eigenvalue weighted by Gasteiger charge is -2.65. The summed E-state index contributed by atoms with van der Waals surface area (Å²) in [7, 11) is 0. The van der Waals surface area contributed by atoms with Gasteiger partial charge in [-0.1, -0.05) is 20.8 Å². The van der Waals surface area contributed by atoms with Crippen LogP contribution in [0.25, 0.3) is 0 Å². The van der Waals surface area contributed by atoms with Crippen LogP contribution in [0.5, 0.6) is 0 Å². The van der Waals surface area contributed by atoms with E-state index in [-0.39, 0.29) is 18.3 Å². The van der Waals surface area contributed by atoms with Crippen LogP contribution >= 0.6 is 0 Å². The van der Waals surface area contributed by atoms with Gasteiger partial charge in [-0.3, -0.25) is 19.2 Å². The first-order valence-corrected chi connectivity index (χ1v) is 16.5. The first-order valence-electron chi connectivity index (χ1n) is 16.5. The predicted octanol–water partition coefficient (Wildman–Crippen LogP) is 0.842. The van der Waals surface area contributed by atoms with Gasteiger partial charge >= 0.3 is 23.9 Å². The summed E-state index contributed by atoms with van der Waals surface area (Å²) in [6.45, 7) is 12.1. The highest BCUT2D eigenvalue weighted by atomic mass is 16.6. The van der Waals surface area contributed by atoms with E-state index in [1.54, 1.807) is 26.8 Å². The van der Waals surface area contributed by atoms with Crippen molar-refractivity contribution < 1.29 is 63.0 Å². The summed E-state index contributed by atoms with van der Waals surface area (Å²) in [6.07, 6.45) is -5.37. The summed E-state index contributed by atoms with van der Waals surface area (Å²) in [5.41, 5.74) is -6.06.